The van der Waals surface area contributed by atoms with E-state index in [1.165, 1.54) is 0 Å². The zero-order valence-corrected chi connectivity index (χ0v) is 21.0. The number of benzene rings is 2. The van der Waals surface area contributed by atoms with E-state index in [0.29, 0.717) is 24.1 Å². The third-order valence-electron chi connectivity index (χ3n) is 6.19. The highest BCUT2D eigenvalue weighted by Crippen LogP contribution is 2.33. The van der Waals surface area contributed by atoms with Gasteiger partial charge in [0.1, 0.15) is 0 Å². The third-order valence-corrected chi connectivity index (χ3v) is 6.19. The second-order valence-corrected chi connectivity index (χ2v) is 9.16. The Morgan fingerprint density at radius 1 is 1.00 bits per heavy atom. The normalized spacial score (nSPS) is 14.6. The molecule has 3 aromatic rings. The molecule has 0 radical (unpaired) electrons. The summed E-state index contributed by atoms with van der Waals surface area (Å²) in [6, 6.07) is 15.3. The van der Waals surface area contributed by atoms with E-state index < -0.39 is 0 Å². The average Bonchev–Trinajstić information content (AvgIpc) is 3.46. The van der Waals surface area contributed by atoms with Crippen molar-refractivity contribution in [3.63, 3.8) is 0 Å². The number of likely N-dealkylation sites (N-methyl/N-ethyl adjacent to an activating group) is 1. The van der Waals surface area contributed by atoms with Crippen molar-refractivity contribution in [1.82, 2.24) is 15.2 Å². The summed E-state index contributed by atoms with van der Waals surface area (Å²) >= 11 is 0. The van der Waals surface area contributed by atoms with Crippen molar-refractivity contribution in [3.8, 4) is 0 Å². The van der Waals surface area contributed by atoms with Gasteiger partial charge < -0.3 is 25.8 Å². The molecule has 0 fully saturated rings. The number of rotatable bonds is 5. The molecule has 8 nitrogen and oxygen atoms in total. The lowest BCUT2D eigenvalue weighted by Crippen LogP contribution is -2.31. The van der Waals surface area contributed by atoms with Gasteiger partial charge in [-0.05, 0) is 57.3 Å². The summed E-state index contributed by atoms with van der Waals surface area (Å²) in [7, 11) is 3.93. The van der Waals surface area contributed by atoms with Gasteiger partial charge >= 0.3 is 0 Å². The van der Waals surface area contributed by atoms with Gasteiger partial charge in [-0.25, -0.2) is 0 Å². The number of nitrogens with one attached hydrogen (secondary N) is 4. The van der Waals surface area contributed by atoms with E-state index in [0.717, 1.165) is 46.0 Å². The first-order chi connectivity index (χ1) is 17.2. The van der Waals surface area contributed by atoms with Crippen molar-refractivity contribution in [2.75, 3.05) is 37.8 Å². The Kier molecular flexibility index (Phi) is 7.36. The van der Waals surface area contributed by atoms with Crippen LogP contribution in [0, 0.1) is 13.8 Å². The molecule has 0 saturated carbocycles. The number of hydrogen-bond donors (Lipinski definition) is 4. The molecule has 2 aliphatic rings. The smallest absolute Gasteiger partial charge is 0.256 e. The molecule has 0 atom stereocenters. The number of anilines is 2. The second-order valence-electron chi connectivity index (χ2n) is 9.16. The maximum atomic E-state index is 12.5. The van der Waals surface area contributed by atoms with Gasteiger partial charge in [0.15, 0.2) is 0 Å². The summed E-state index contributed by atoms with van der Waals surface area (Å²) < 4.78 is 0. The summed E-state index contributed by atoms with van der Waals surface area (Å²) in [5, 5.41) is 8.57. The highest BCUT2D eigenvalue weighted by atomic mass is 16.2. The molecule has 3 amide bonds. The van der Waals surface area contributed by atoms with Crippen LogP contribution >= 0.6 is 0 Å². The lowest BCUT2D eigenvalue weighted by Gasteiger charge is -2.10. The highest BCUT2D eigenvalue weighted by Gasteiger charge is 2.25. The number of aryl methyl sites for hydroxylation is 1. The van der Waals surface area contributed by atoms with Crippen LogP contribution in [0.25, 0.3) is 11.6 Å². The standard InChI is InChI=1S/C20H24N4O2.C8H7NO/c1-12-17(11-15-14-7-5-6-8-16(14)23-19(15)25)22-13(2)18(12)20(26)21-9-10-24(3)4;10-8-5-6-3-1-2-4-7(6)9-8/h5-8,11,22H,9-10H2,1-4H3,(H,21,26)(H,23,25);1-4H,5H2,(H,9,10). The molecule has 0 aliphatic carbocycles. The minimum absolute atomic E-state index is 0.0981. The Morgan fingerprint density at radius 2 is 1.69 bits per heavy atom. The largest absolute Gasteiger partial charge is 0.358 e. The van der Waals surface area contributed by atoms with E-state index in [1.807, 2.05) is 87.4 Å². The molecule has 2 aliphatic heterocycles. The van der Waals surface area contributed by atoms with E-state index in [1.54, 1.807) is 0 Å². The van der Waals surface area contributed by atoms with Crippen LogP contribution in [0.4, 0.5) is 11.4 Å². The number of amides is 3. The number of aromatic amines is 1. The Balaban J connectivity index is 0.000000251. The zero-order valence-electron chi connectivity index (χ0n) is 21.0. The molecular weight excluding hydrogens is 454 g/mol. The second kappa shape index (κ2) is 10.6. The molecule has 0 saturated heterocycles. The minimum Gasteiger partial charge on any atom is -0.358 e. The Labute approximate surface area is 210 Å². The minimum atomic E-state index is -0.130. The SMILES string of the molecule is Cc1[nH]c(C=C2C(=O)Nc3ccccc32)c(C)c1C(=O)NCCN(C)C.O=C1Cc2ccccc2N1. The molecule has 4 N–H and O–H groups in total. The van der Waals surface area contributed by atoms with E-state index >= 15 is 0 Å². The molecule has 3 heterocycles. The molecular formula is C28H31N5O3. The van der Waals surface area contributed by atoms with E-state index in [9.17, 15) is 14.4 Å². The van der Waals surface area contributed by atoms with Gasteiger partial charge in [0, 0.05) is 41.4 Å². The van der Waals surface area contributed by atoms with E-state index in [-0.39, 0.29) is 17.7 Å². The van der Waals surface area contributed by atoms with Crippen molar-refractivity contribution in [1.29, 1.82) is 0 Å². The number of nitrogens with zero attached hydrogens (tertiary/aromatic N) is 1. The molecule has 2 aromatic carbocycles. The van der Waals surface area contributed by atoms with Crippen LogP contribution in [0.5, 0.6) is 0 Å². The molecule has 8 heteroatoms. The summed E-state index contributed by atoms with van der Waals surface area (Å²) in [4.78, 5) is 40.9. The first-order valence-electron chi connectivity index (χ1n) is 11.9. The monoisotopic (exact) mass is 485 g/mol. The quantitative estimate of drug-likeness (QED) is 0.414. The fourth-order valence-corrected chi connectivity index (χ4v) is 4.33. The molecule has 0 spiro atoms. The predicted molar refractivity (Wildman–Crippen MR) is 143 cm³/mol. The number of carbonyl (C=O) groups is 3. The molecule has 5 rings (SSSR count). The van der Waals surface area contributed by atoms with Crippen molar-refractivity contribution in [3.05, 3.63) is 82.2 Å². The fraction of sp³-hybridized carbons (Fsp3) is 0.250. The van der Waals surface area contributed by atoms with Gasteiger partial charge in [0.2, 0.25) is 5.91 Å². The summed E-state index contributed by atoms with van der Waals surface area (Å²) in [6.45, 7) is 5.14. The summed E-state index contributed by atoms with van der Waals surface area (Å²) in [5.41, 5.74) is 7.42. The third kappa shape index (κ3) is 5.39. The number of para-hydroxylation sites is 2. The molecule has 0 bridgehead atoms. The Hall–Kier alpha value is -4.17. The van der Waals surface area contributed by atoms with Gasteiger partial charge in [-0.2, -0.15) is 0 Å². The number of hydrogen-bond acceptors (Lipinski definition) is 4. The van der Waals surface area contributed by atoms with Crippen LogP contribution in [0.15, 0.2) is 48.5 Å². The van der Waals surface area contributed by atoms with Crippen molar-refractivity contribution >= 4 is 40.7 Å². The van der Waals surface area contributed by atoms with Crippen LogP contribution in [0.2, 0.25) is 0 Å². The van der Waals surface area contributed by atoms with Crippen molar-refractivity contribution in [2.45, 2.75) is 20.3 Å². The van der Waals surface area contributed by atoms with E-state index in [2.05, 4.69) is 20.9 Å². The highest BCUT2D eigenvalue weighted by molar-refractivity contribution is 6.34. The number of fused-ring (bicyclic) bond motifs is 2. The molecule has 1 aromatic heterocycles. The van der Waals surface area contributed by atoms with Gasteiger partial charge in [0.25, 0.3) is 11.8 Å². The first-order valence-corrected chi connectivity index (χ1v) is 11.9. The number of H-pyrrole nitrogens is 1. The van der Waals surface area contributed by atoms with Crippen LogP contribution in [-0.2, 0) is 16.0 Å². The predicted octanol–water partition coefficient (Wildman–Crippen LogP) is 3.60. The van der Waals surface area contributed by atoms with Gasteiger partial charge in [-0.3, -0.25) is 14.4 Å². The number of carbonyl (C=O) groups excluding carboxylic acids is 3. The Morgan fingerprint density at radius 3 is 2.42 bits per heavy atom. The van der Waals surface area contributed by atoms with Gasteiger partial charge in [0.05, 0.1) is 17.6 Å². The zero-order chi connectivity index (χ0) is 25.8. The maximum Gasteiger partial charge on any atom is 0.256 e. The topological polar surface area (TPSA) is 106 Å². The van der Waals surface area contributed by atoms with E-state index in [4.69, 9.17) is 0 Å². The van der Waals surface area contributed by atoms with Gasteiger partial charge in [-0.15, -0.1) is 0 Å². The summed E-state index contributed by atoms with van der Waals surface area (Å²) in [5.74, 6) is -0.130. The van der Waals surface area contributed by atoms with Crippen molar-refractivity contribution < 1.29 is 14.4 Å². The van der Waals surface area contributed by atoms with Crippen LogP contribution in [0.3, 0.4) is 0 Å². The number of aromatic nitrogens is 1. The average molecular weight is 486 g/mol. The van der Waals surface area contributed by atoms with Crippen LogP contribution < -0.4 is 16.0 Å². The van der Waals surface area contributed by atoms with Crippen molar-refractivity contribution in [2.24, 2.45) is 0 Å². The lowest BCUT2D eigenvalue weighted by molar-refractivity contribution is -0.115. The molecule has 186 valence electrons. The fourth-order valence-electron chi connectivity index (χ4n) is 4.33. The van der Waals surface area contributed by atoms with Gasteiger partial charge in [-0.1, -0.05) is 36.4 Å². The Bertz CT molecular complexity index is 1330. The van der Waals surface area contributed by atoms with Crippen LogP contribution in [0.1, 0.15) is 38.4 Å². The maximum absolute atomic E-state index is 12.5. The molecule has 36 heavy (non-hydrogen) atoms. The molecule has 0 unspecified atom stereocenters. The summed E-state index contributed by atoms with van der Waals surface area (Å²) in [6.07, 6.45) is 2.36. The lowest BCUT2D eigenvalue weighted by atomic mass is 10.0. The first kappa shape index (κ1) is 24.9. The van der Waals surface area contributed by atoms with Crippen LogP contribution in [-0.4, -0.2) is 54.8 Å².